The van der Waals surface area contributed by atoms with Crippen LogP contribution in [-0.4, -0.2) is 14.8 Å². The van der Waals surface area contributed by atoms with Gasteiger partial charge < -0.3 is 4.57 Å². The summed E-state index contributed by atoms with van der Waals surface area (Å²) in [6.45, 7) is 5.95. The topological polar surface area (TPSA) is 30.7 Å². The molecule has 0 fully saturated rings. The summed E-state index contributed by atoms with van der Waals surface area (Å²) in [5.74, 6) is 1.53. The van der Waals surface area contributed by atoms with E-state index >= 15 is 0 Å². The minimum atomic E-state index is -0.246. The Balaban J connectivity index is 2.60. The van der Waals surface area contributed by atoms with Crippen LogP contribution in [0, 0.1) is 12.7 Å². The van der Waals surface area contributed by atoms with Crippen molar-refractivity contribution in [3.8, 4) is 11.4 Å². The van der Waals surface area contributed by atoms with E-state index in [1.165, 1.54) is 12.1 Å². The molecule has 3 nitrogen and oxygen atoms in total. The summed E-state index contributed by atoms with van der Waals surface area (Å²) >= 11 is 5.86. The molecular formula is C13H15ClFN3. The standard InChI is InChI=1S/C13H15ClFN3/c1-8(2)18-12(7-14)16-17-13(18)11-5-4-10(15)6-9(11)3/h4-6,8H,7H2,1-3H3. The highest BCUT2D eigenvalue weighted by Crippen LogP contribution is 2.26. The molecule has 96 valence electrons. The van der Waals surface area contributed by atoms with E-state index < -0.39 is 0 Å². The maximum Gasteiger partial charge on any atom is 0.164 e. The number of halogens is 2. The van der Waals surface area contributed by atoms with Crippen LogP contribution in [0.2, 0.25) is 0 Å². The average Bonchev–Trinajstić information content (AvgIpc) is 2.72. The predicted molar refractivity (Wildman–Crippen MR) is 70.1 cm³/mol. The molecule has 0 aliphatic heterocycles. The van der Waals surface area contributed by atoms with Crippen LogP contribution in [0.1, 0.15) is 31.3 Å². The van der Waals surface area contributed by atoms with E-state index in [1.54, 1.807) is 6.07 Å². The third-order valence-electron chi connectivity index (χ3n) is 2.83. The lowest BCUT2D eigenvalue weighted by Crippen LogP contribution is -2.07. The Bertz CT molecular complexity index is 563. The van der Waals surface area contributed by atoms with E-state index in [4.69, 9.17) is 11.6 Å². The van der Waals surface area contributed by atoms with E-state index in [2.05, 4.69) is 10.2 Å². The lowest BCUT2D eigenvalue weighted by molar-refractivity contribution is 0.584. The number of nitrogens with zero attached hydrogens (tertiary/aromatic N) is 3. The summed E-state index contributed by atoms with van der Waals surface area (Å²) in [7, 11) is 0. The van der Waals surface area contributed by atoms with Gasteiger partial charge in [0.1, 0.15) is 11.6 Å². The number of benzene rings is 1. The molecule has 0 atom stereocenters. The second kappa shape index (κ2) is 5.06. The van der Waals surface area contributed by atoms with Crippen molar-refractivity contribution in [1.29, 1.82) is 0 Å². The number of rotatable bonds is 3. The van der Waals surface area contributed by atoms with Gasteiger partial charge >= 0.3 is 0 Å². The maximum atomic E-state index is 13.1. The van der Waals surface area contributed by atoms with Crippen molar-refractivity contribution in [3.05, 3.63) is 35.4 Å². The first-order valence-corrected chi connectivity index (χ1v) is 6.34. The zero-order chi connectivity index (χ0) is 13.3. The second-order valence-corrected chi connectivity index (χ2v) is 4.76. The molecule has 0 spiro atoms. The first-order chi connectivity index (χ1) is 8.54. The summed E-state index contributed by atoms with van der Waals surface area (Å²) in [5, 5.41) is 8.26. The van der Waals surface area contributed by atoms with E-state index in [0.29, 0.717) is 5.88 Å². The zero-order valence-corrected chi connectivity index (χ0v) is 11.4. The van der Waals surface area contributed by atoms with Gasteiger partial charge in [-0.05, 0) is 44.5 Å². The lowest BCUT2D eigenvalue weighted by Gasteiger charge is -2.14. The number of alkyl halides is 1. The molecule has 18 heavy (non-hydrogen) atoms. The Morgan fingerprint density at radius 1 is 1.33 bits per heavy atom. The van der Waals surface area contributed by atoms with Gasteiger partial charge in [0.05, 0.1) is 5.88 Å². The van der Waals surface area contributed by atoms with Gasteiger partial charge in [-0.15, -0.1) is 21.8 Å². The van der Waals surface area contributed by atoms with Crippen LogP contribution in [0.15, 0.2) is 18.2 Å². The fraction of sp³-hybridized carbons (Fsp3) is 0.385. The summed E-state index contributed by atoms with van der Waals surface area (Å²) in [4.78, 5) is 0. The number of hydrogen-bond acceptors (Lipinski definition) is 2. The summed E-state index contributed by atoms with van der Waals surface area (Å²) in [6, 6.07) is 4.86. The van der Waals surface area contributed by atoms with E-state index in [9.17, 15) is 4.39 Å². The van der Waals surface area contributed by atoms with Gasteiger partial charge in [-0.3, -0.25) is 0 Å². The van der Waals surface area contributed by atoms with Crippen molar-refractivity contribution < 1.29 is 4.39 Å². The zero-order valence-electron chi connectivity index (χ0n) is 10.6. The molecule has 0 radical (unpaired) electrons. The molecular weight excluding hydrogens is 253 g/mol. The van der Waals surface area contributed by atoms with Gasteiger partial charge in [0, 0.05) is 11.6 Å². The molecule has 1 aromatic heterocycles. The van der Waals surface area contributed by atoms with Crippen LogP contribution < -0.4 is 0 Å². The lowest BCUT2D eigenvalue weighted by atomic mass is 10.1. The molecule has 1 aromatic carbocycles. The van der Waals surface area contributed by atoms with E-state index in [-0.39, 0.29) is 11.9 Å². The summed E-state index contributed by atoms with van der Waals surface area (Å²) in [5.41, 5.74) is 1.72. The third-order valence-corrected chi connectivity index (χ3v) is 3.07. The van der Waals surface area contributed by atoms with Crippen molar-refractivity contribution in [2.24, 2.45) is 0 Å². The highest BCUT2D eigenvalue weighted by atomic mass is 35.5. The molecule has 0 saturated heterocycles. The van der Waals surface area contributed by atoms with Crippen molar-refractivity contribution in [2.75, 3.05) is 0 Å². The van der Waals surface area contributed by atoms with Gasteiger partial charge in [0.25, 0.3) is 0 Å². The number of hydrogen-bond donors (Lipinski definition) is 0. The average molecular weight is 268 g/mol. The highest BCUT2D eigenvalue weighted by molar-refractivity contribution is 6.16. The fourth-order valence-corrected chi connectivity index (χ4v) is 2.20. The smallest absolute Gasteiger partial charge is 0.164 e. The maximum absolute atomic E-state index is 13.1. The van der Waals surface area contributed by atoms with Crippen molar-refractivity contribution >= 4 is 11.6 Å². The van der Waals surface area contributed by atoms with Crippen LogP contribution in [-0.2, 0) is 5.88 Å². The Kier molecular flexibility index (Phi) is 3.66. The fourth-order valence-electron chi connectivity index (χ4n) is 2.02. The molecule has 2 aromatic rings. The Labute approximate surface area is 111 Å². The van der Waals surface area contributed by atoms with Crippen molar-refractivity contribution in [1.82, 2.24) is 14.8 Å². The highest BCUT2D eigenvalue weighted by Gasteiger charge is 2.17. The first-order valence-electron chi connectivity index (χ1n) is 5.81. The van der Waals surface area contributed by atoms with Gasteiger partial charge in [0.15, 0.2) is 5.82 Å². The van der Waals surface area contributed by atoms with Crippen molar-refractivity contribution in [2.45, 2.75) is 32.7 Å². The molecule has 0 saturated carbocycles. The first kappa shape index (κ1) is 13.0. The Hall–Kier alpha value is -1.42. The van der Waals surface area contributed by atoms with Crippen LogP contribution >= 0.6 is 11.6 Å². The summed E-state index contributed by atoms with van der Waals surface area (Å²) in [6.07, 6.45) is 0. The van der Waals surface area contributed by atoms with Crippen LogP contribution in [0.3, 0.4) is 0 Å². The molecule has 0 N–H and O–H groups in total. The second-order valence-electron chi connectivity index (χ2n) is 4.50. The van der Waals surface area contributed by atoms with Crippen molar-refractivity contribution in [3.63, 3.8) is 0 Å². The monoisotopic (exact) mass is 267 g/mol. The predicted octanol–water partition coefficient (Wildman–Crippen LogP) is 3.71. The molecule has 0 bridgehead atoms. The van der Waals surface area contributed by atoms with Gasteiger partial charge in [-0.25, -0.2) is 4.39 Å². The van der Waals surface area contributed by atoms with Gasteiger partial charge in [-0.1, -0.05) is 0 Å². The minimum Gasteiger partial charge on any atom is -0.307 e. The Morgan fingerprint density at radius 3 is 2.61 bits per heavy atom. The largest absolute Gasteiger partial charge is 0.307 e. The Morgan fingerprint density at radius 2 is 2.06 bits per heavy atom. The van der Waals surface area contributed by atoms with E-state index in [0.717, 1.165) is 22.8 Å². The number of aryl methyl sites for hydroxylation is 1. The number of aromatic nitrogens is 3. The normalized spacial score (nSPS) is 11.2. The summed E-state index contributed by atoms with van der Waals surface area (Å²) < 4.78 is 15.1. The third kappa shape index (κ3) is 2.25. The van der Waals surface area contributed by atoms with Crippen LogP contribution in [0.5, 0.6) is 0 Å². The van der Waals surface area contributed by atoms with Gasteiger partial charge in [-0.2, -0.15) is 0 Å². The molecule has 5 heteroatoms. The molecule has 0 unspecified atom stereocenters. The molecule has 0 amide bonds. The van der Waals surface area contributed by atoms with Crippen LogP contribution in [0.4, 0.5) is 4.39 Å². The molecule has 1 heterocycles. The van der Waals surface area contributed by atoms with E-state index in [1.807, 2.05) is 25.3 Å². The quantitative estimate of drug-likeness (QED) is 0.794. The molecule has 2 rings (SSSR count). The SMILES string of the molecule is Cc1cc(F)ccc1-c1nnc(CCl)n1C(C)C. The van der Waals surface area contributed by atoms with Crippen LogP contribution in [0.25, 0.3) is 11.4 Å². The minimum absolute atomic E-state index is 0.202. The molecule has 0 aliphatic rings. The van der Waals surface area contributed by atoms with Gasteiger partial charge in [0.2, 0.25) is 0 Å². The molecule has 0 aliphatic carbocycles.